The van der Waals surface area contributed by atoms with E-state index in [4.69, 9.17) is 0 Å². The lowest BCUT2D eigenvalue weighted by Crippen LogP contribution is -2.04. The van der Waals surface area contributed by atoms with Crippen LogP contribution in [0.15, 0.2) is 28.8 Å². The van der Waals surface area contributed by atoms with Crippen LogP contribution in [0, 0.1) is 0 Å². The monoisotopic (exact) mass is 247 g/mol. The third-order valence-corrected chi connectivity index (χ3v) is 3.10. The van der Waals surface area contributed by atoms with Crippen molar-refractivity contribution in [2.75, 3.05) is 0 Å². The first-order valence-electron chi connectivity index (χ1n) is 5.60. The number of hydrogen-bond donors (Lipinski definition) is 0. The number of aryl methyl sites for hydroxylation is 1. The normalized spacial score (nSPS) is 12.7. The van der Waals surface area contributed by atoms with Crippen LogP contribution in [0.2, 0.25) is 0 Å². The SMILES string of the molecule is Cn1ncc2c(C=NSC(C)(C)C)cccc21. The van der Waals surface area contributed by atoms with Crippen LogP contribution < -0.4 is 0 Å². The van der Waals surface area contributed by atoms with Gasteiger partial charge in [0.25, 0.3) is 0 Å². The van der Waals surface area contributed by atoms with Crippen molar-refractivity contribution in [3.63, 3.8) is 0 Å². The Morgan fingerprint density at radius 3 is 2.82 bits per heavy atom. The van der Waals surface area contributed by atoms with Gasteiger partial charge in [-0.1, -0.05) is 12.1 Å². The highest BCUT2D eigenvalue weighted by molar-refractivity contribution is 7.99. The van der Waals surface area contributed by atoms with Gasteiger partial charge in [0.05, 0.1) is 11.7 Å². The van der Waals surface area contributed by atoms with Crippen LogP contribution in [0.4, 0.5) is 0 Å². The van der Waals surface area contributed by atoms with Crippen molar-refractivity contribution in [1.29, 1.82) is 0 Å². The van der Waals surface area contributed by atoms with Crippen molar-refractivity contribution < 1.29 is 0 Å². The highest BCUT2D eigenvalue weighted by Crippen LogP contribution is 2.24. The summed E-state index contributed by atoms with van der Waals surface area (Å²) in [6.07, 6.45) is 3.80. The largest absolute Gasteiger partial charge is 0.268 e. The molecule has 0 aliphatic heterocycles. The minimum absolute atomic E-state index is 0.152. The molecule has 17 heavy (non-hydrogen) atoms. The molecule has 0 atom stereocenters. The zero-order valence-corrected chi connectivity index (χ0v) is 11.5. The van der Waals surface area contributed by atoms with Crippen LogP contribution >= 0.6 is 11.9 Å². The predicted molar refractivity (Wildman–Crippen MR) is 75.7 cm³/mol. The molecule has 0 radical (unpaired) electrons. The summed E-state index contributed by atoms with van der Waals surface area (Å²) in [5.74, 6) is 0. The molecule has 0 saturated carbocycles. The Bertz CT molecular complexity index is 549. The molecule has 0 aliphatic carbocycles. The van der Waals surface area contributed by atoms with Gasteiger partial charge in [0.15, 0.2) is 0 Å². The van der Waals surface area contributed by atoms with Gasteiger partial charge in [0, 0.05) is 29.0 Å². The molecule has 2 rings (SSSR count). The van der Waals surface area contributed by atoms with Gasteiger partial charge in [-0.2, -0.15) is 5.10 Å². The minimum atomic E-state index is 0.152. The maximum absolute atomic E-state index is 4.43. The highest BCUT2D eigenvalue weighted by atomic mass is 32.2. The molecule has 0 unspecified atom stereocenters. The van der Waals surface area contributed by atoms with Crippen LogP contribution in [-0.4, -0.2) is 20.7 Å². The zero-order chi connectivity index (χ0) is 12.5. The molecular formula is C13H17N3S. The van der Waals surface area contributed by atoms with E-state index in [1.807, 2.05) is 30.2 Å². The maximum atomic E-state index is 4.43. The molecule has 3 nitrogen and oxygen atoms in total. The highest BCUT2D eigenvalue weighted by Gasteiger charge is 2.09. The molecule has 1 aromatic heterocycles. The van der Waals surface area contributed by atoms with Crippen LogP contribution in [0.25, 0.3) is 10.9 Å². The molecule has 4 heteroatoms. The summed E-state index contributed by atoms with van der Waals surface area (Å²) in [5.41, 5.74) is 2.25. The first-order chi connectivity index (χ1) is 7.97. The van der Waals surface area contributed by atoms with E-state index < -0.39 is 0 Å². The quantitative estimate of drug-likeness (QED) is 0.601. The van der Waals surface area contributed by atoms with Gasteiger partial charge < -0.3 is 0 Å². The van der Waals surface area contributed by atoms with E-state index in [0.717, 1.165) is 16.5 Å². The van der Waals surface area contributed by atoms with Crippen molar-refractivity contribution in [1.82, 2.24) is 9.78 Å². The molecule has 0 fully saturated rings. The first-order valence-corrected chi connectivity index (χ1v) is 6.37. The number of fused-ring (bicyclic) bond motifs is 1. The van der Waals surface area contributed by atoms with E-state index in [9.17, 15) is 0 Å². The third-order valence-electron chi connectivity index (χ3n) is 2.34. The van der Waals surface area contributed by atoms with Crippen molar-refractivity contribution >= 4 is 29.1 Å². The smallest absolute Gasteiger partial charge is 0.0685 e. The predicted octanol–water partition coefficient (Wildman–Crippen LogP) is 3.44. The number of rotatable bonds is 2. The molecule has 0 bridgehead atoms. The second-order valence-electron chi connectivity index (χ2n) is 4.99. The Kier molecular flexibility index (Phi) is 3.24. The second kappa shape index (κ2) is 4.53. The summed E-state index contributed by atoms with van der Waals surface area (Å²) < 4.78 is 6.46. The van der Waals surface area contributed by atoms with E-state index in [-0.39, 0.29) is 4.75 Å². The average Bonchev–Trinajstić information content (AvgIpc) is 2.60. The minimum Gasteiger partial charge on any atom is -0.268 e. The van der Waals surface area contributed by atoms with E-state index in [1.165, 1.54) is 0 Å². The van der Waals surface area contributed by atoms with Gasteiger partial charge in [-0.25, -0.2) is 4.40 Å². The molecule has 2 aromatic rings. The second-order valence-corrected chi connectivity index (χ2v) is 6.60. The van der Waals surface area contributed by atoms with E-state index in [1.54, 1.807) is 11.9 Å². The Hall–Kier alpha value is -1.29. The van der Waals surface area contributed by atoms with Gasteiger partial charge >= 0.3 is 0 Å². The molecule has 0 saturated heterocycles. The average molecular weight is 247 g/mol. The summed E-state index contributed by atoms with van der Waals surface area (Å²) in [6, 6.07) is 6.17. The zero-order valence-electron chi connectivity index (χ0n) is 10.6. The van der Waals surface area contributed by atoms with E-state index in [0.29, 0.717) is 0 Å². The van der Waals surface area contributed by atoms with Crippen molar-refractivity contribution in [2.24, 2.45) is 11.4 Å². The molecule has 0 aliphatic rings. The van der Waals surface area contributed by atoms with Crippen molar-refractivity contribution in [2.45, 2.75) is 25.5 Å². The van der Waals surface area contributed by atoms with Crippen LogP contribution in [0.3, 0.4) is 0 Å². The van der Waals surface area contributed by atoms with Crippen LogP contribution in [-0.2, 0) is 7.05 Å². The molecule has 0 spiro atoms. The number of aromatic nitrogens is 2. The standard InChI is InChI=1S/C13H17N3S/c1-13(2,3)17-15-8-10-6-5-7-12-11(10)9-14-16(12)4/h5-9H,1-4H3. The fraction of sp³-hybridized carbons (Fsp3) is 0.385. The lowest BCUT2D eigenvalue weighted by Gasteiger charge is -2.12. The van der Waals surface area contributed by atoms with Gasteiger partial charge in [-0.3, -0.25) is 4.68 Å². The molecule has 0 amide bonds. The number of nitrogens with zero attached hydrogens (tertiary/aromatic N) is 3. The van der Waals surface area contributed by atoms with Crippen LogP contribution in [0.1, 0.15) is 26.3 Å². The van der Waals surface area contributed by atoms with Gasteiger partial charge in [0.2, 0.25) is 0 Å². The molecular weight excluding hydrogens is 230 g/mol. The number of hydrogen-bond acceptors (Lipinski definition) is 3. The topological polar surface area (TPSA) is 30.2 Å². The maximum Gasteiger partial charge on any atom is 0.0685 e. The Labute approximate surface area is 106 Å². The lowest BCUT2D eigenvalue weighted by molar-refractivity contribution is 0.797. The number of benzene rings is 1. The Balaban J connectivity index is 2.30. The van der Waals surface area contributed by atoms with E-state index >= 15 is 0 Å². The van der Waals surface area contributed by atoms with Gasteiger partial charge in [-0.15, -0.1) is 0 Å². The summed E-state index contributed by atoms with van der Waals surface area (Å²) >= 11 is 1.59. The summed E-state index contributed by atoms with van der Waals surface area (Å²) in [6.45, 7) is 6.46. The lowest BCUT2D eigenvalue weighted by atomic mass is 10.1. The summed E-state index contributed by atoms with van der Waals surface area (Å²) in [5, 5.41) is 5.41. The summed E-state index contributed by atoms with van der Waals surface area (Å²) in [7, 11) is 1.95. The van der Waals surface area contributed by atoms with Gasteiger partial charge in [0.1, 0.15) is 0 Å². The molecule has 0 N–H and O–H groups in total. The van der Waals surface area contributed by atoms with E-state index in [2.05, 4.69) is 42.4 Å². The summed E-state index contributed by atoms with van der Waals surface area (Å²) in [4.78, 5) is 0. The van der Waals surface area contributed by atoms with Crippen LogP contribution in [0.5, 0.6) is 0 Å². The molecule has 1 aromatic carbocycles. The molecule has 90 valence electrons. The Morgan fingerprint density at radius 2 is 2.12 bits per heavy atom. The Morgan fingerprint density at radius 1 is 1.35 bits per heavy atom. The van der Waals surface area contributed by atoms with Crippen molar-refractivity contribution in [3.8, 4) is 0 Å². The fourth-order valence-electron chi connectivity index (χ4n) is 1.55. The van der Waals surface area contributed by atoms with Gasteiger partial charge in [-0.05, 0) is 38.8 Å². The van der Waals surface area contributed by atoms with Crippen molar-refractivity contribution in [3.05, 3.63) is 30.0 Å². The fourth-order valence-corrected chi connectivity index (χ4v) is 2.04. The molecule has 1 heterocycles. The first kappa shape index (κ1) is 12.2. The third kappa shape index (κ3) is 2.88.